The minimum atomic E-state index is -1.16. The lowest BCUT2D eigenvalue weighted by atomic mass is 9.88. The van der Waals surface area contributed by atoms with Crippen molar-refractivity contribution in [2.45, 2.75) is 32.0 Å². The highest BCUT2D eigenvalue weighted by molar-refractivity contribution is 5.21. The van der Waals surface area contributed by atoms with E-state index in [9.17, 15) is 5.11 Å². The maximum atomic E-state index is 10.4. The summed E-state index contributed by atoms with van der Waals surface area (Å²) in [5.74, 6) is 1.28. The molecule has 0 saturated heterocycles. The fourth-order valence-corrected chi connectivity index (χ4v) is 1.66. The fourth-order valence-electron chi connectivity index (χ4n) is 1.66. The van der Waals surface area contributed by atoms with Gasteiger partial charge in [-0.25, -0.2) is 0 Å². The van der Waals surface area contributed by atoms with Gasteiger partial charge in [0.05, 0.1) is 5.60 Å². The van der Waals surface area contributed by atoms with E-state index in [0.717, 1.165) is 0 Å². The van der Waals surface area contributed by atoms with Crippen molar-refractivity contribution < 1.29 is 19.6 Å². The van der Waals surface area contributed by atoms with Crippen LogP contribution in [0.5, 0.6) is 11.5 Å². The minimum Gasteiger partial charge on any atom is -0.490 e. The number of hydrogen-bond donors (Lipinski definition) is 1. The van der Waals surface area contributed by atoms with Crippen LogP contribution in [0.2, 0.25) is 0 Å². The van der Waals surface area contributed by atoms with Gasteiger partial charge in [-0.2, -0.15) is 4.89 Å². The molecule has 0 fully saturated rings. The summed E-state index contributed by atoms with van der Waals surface area (Å²) in [6.45, 7) is 5.22. The lowest BCUT2D eigenvalue weighted by Gasteiger charge is -2.37. The summed E-state index contributed by atoms with van der Waals surface area (Å²) < 4.78 is 5.72. The molecule has 0 spiro atoms. The van der Waals surface area contributed by atoms with Crippen molar-refractivity contribution in [1.82, 2.24) is 0 Å². The molecule has 4 nitrogen and oxygen atoms in total. The molecule has 2 aromatic carbocycles. The number of rotatable bonds is 7. The summed E-state index contributed by atoms with van der Waals surface area (Å²) in [6.07, 6.45) is 0. The van der Waals surface area contributed by atoms with Gasteiger partial charge in [0.25, 0.3) is 0 Å². The molecule has 0 radical (unpaired) electrons. The first-order valence-corrected chi connectivity index (χ1v) is 7.22. The number of hydrogen-bond acceptors (Lipinski definition) is 4. The number of ether oxygens (including phenoxy) is 1. The van der Waals surface area contributed by atoms with E-state index in [0.29, 0.717) is 11.5 Å². The van der Waals surface area contributed by atoms with Gasteiger partial charge in [-0.15, -0.1) is 0 Å². The van der Waals surface area contributed by atoms with Crippen LogP contribution in [0.4, 0.5) is 0 Å². The van der Waals surface area contributed by atoms with Gasteiger partial charge in [0.15, 0.2) is 11.4 Å². The molecule has 1 N–H and O–H groups in total. The predicted molar refractivity (Wildman–Crippen MR) is 84.8 cm³/mol. The van der Waals surface area contributed by atoms with Gasteiger partial charge in [0, 0.05) is 0 Å². The molecule has 2 aromatic rings. The van der Waals surface area contributed by atoms with Crippen LogP contribution in [0.1, 0.15) is 20.8 Å². The lowest BCUT2D eigenvalue weighted by molar-refractivity contribution is -0.333. The standard InChI is InChI=1S/C18H22O4/c1-17(2,19)18(3,14-20-15-10-6-4-7-11-15)22-21-16-12-8-5-9-13-16/h4-13,19H,14H2,1-3H3. The molecular formula is C18H22O4. The quantitative estimate of drug-likeness (QED) is 0.627. The van der Waals surface area contributed by atoms with Crippen molar-refractivity contribution >= 4 is 0 Å². The third-order valence-electron chi connectivity index (χ3n) is 3.62. The van der Waals surface area contributed by atoms with Crippen molar-refractivity contribution in [3.63, 3.8) is 0 Å². The largest absolute Gasteiger partial charge is 0.490 e. The highest BCUT2D eigenvalue weighted by Gasteiger charge is 2.44. The molecule has 2 rings (SSSR count). The molecule has 0 saturated carbocycles. The first-order chi connectivity index (χ1) is 10.4. The molecule has 0 aromatic heterocycles. The van der Waals surface area contributed by atoms with E-state index in [2.05, 4.69) is 0 Å². The maximum absolute atomic E-state index is 10.4. The number of para-hydroxylation sites is 2. The SMILES string of the molecule is CC(C)(O)C(C)(COc1ccccc1)OOc1ccccc1. The van der Waals surface area contributed by atoms with E-state index >= 15 is 0 Å². The van der Waals surface area contributed by atoms with E-state index in [1.807, 2.05) is 48.5 Å². The Bertz CT molecular complexity index is 517. The predicted octanol–water partition coefficient (Wildman–Crippen LogP) is 3.61. The second-order valence-electron chi connectivity index (χ2n) is 5.87. The smallest absolute Gasteiger partial charge is 0.174 e. The maximum Gasteiger partial charge on any atom is 0.174 e. The molecule has 4 heteroatoms. The van der Waals surface area contributed by atoms with Crippen molar-refractivity contribution in [2.75, 3.05) is 6.61 Å². The Morgan fingerprint density at radius 1 is 0.818 bits per heavy atom. The first kappa shape index (κ1) is 16.3. The highest BCUT2D eigenvalue weighted by Crippen LogP contribution is 2.28. The molecule has 1 unspecified atom stereocenters. The summed E-state index contributed by atoms with van der Waals surface area (Å²) >= 11 is 0. The van der Waals surface area contributed by atoms with Gasteiger partial charge in [0.2, 0.25) is 0 Å². The van der Waals surface area contributed by atoms with Gasteiger partial charge >= 0.3 is 0 Å². The Kier molecular flexibility index (Phi) is 5.06. The zero-order valence-corrected chi connectivity index (χ0v) is 13.2. The summed E-state index contributed by atoms with van der Waals surface area (Å²) in [6, 6.07) is 18.5. The molecule has 0 aliphatic rings. The zero-order valence-electron chi connectivity index (χ0n) is 13.2. The molecule has 0 amide bonds. The van der Waals surface area contributed by atoms with Crippen LogP contribution in [0.15, 0.2) is 60.7 Å². The molecular weight excluding hydrogens is 280 g/mol. The van der Waals surface area contributed by atoms with Crippen LogP contribution in [0, 0.1) is 0 Å². The Morgan fingerprint density at radius 3 is 1.82 bits per heavy atom. The molecule has 0 bridgehead atoms. The van der Waals surface area contributed by atoms with Gasteiger partial charge < -0.3 is 14.7 Å². The molecule has 0 aliphatic heterocycles. The molecule has 118 valence electrons. The number of aliphatic hydroxyl groups is 1. The van der Waals surface area contributed by atoms with E-state index in [1.54, 1.807) is 32.9 Å². The van der Waals surface area contributed by atoms with Crippen LogP contribution in [-0.4, -0.2) is 22.9 Å². The van der Waals surface area contributed by atoms with Gasteiger partial charge in [-0.1, -0.05) is 36.4 Å². The summed E-state index contributed by atoms with van der Waals surface area (Å²) in [7, 11) is 0. The zero-order chi connectivity index (χ0) is 16.1. The van der Waals surface area contributed by atoms with Crippen molar-refractivity contribution in [3.05, 3.63) is 60.7 Å². The Hall–Kier alpha value is -2.04. The molecule has 1 atom stereocenters. The van der Waals surface area contributed by atoms with E-state index in [4.69, 9.17) is 14.5 Å². The highest BCUT2D eigenvalue weighted by atomic mass is 17.2. The lowest BCUT2D eigenvalue weighted by Crippen LogP contribution is -2.54. The van der Waals surface area contributed by atoms with Crippen LogP contribution < -0.4 is 9.62 Å². The van der Waals surface area contributed by atoms with E-state index < -0.39 is 11.2 Å². The van der Waals surface area contributed by atoms with Crippen molar-refractivity contribution in [2.24, 2.45) is 0 Å². The topological polar surface area (TPSA) is 47.9 Å². The normalized spacial score (nSPS) is 14.2. The average Bonchev–Trinajstić information content (AvgIpc) is 2.52. The summed E-state index contributed by atoms with van der Waals surface area (Å²) in [5, 5.41) is 10.4. The Balaban J connectivity index is 2.04. The summed E-state index contributed by atoms with van der Waals surface area (Å²) in [5.41, 5.74) is -2.20. The number of benzene rings is 2. The second-order valence-corrected chi connectivity index (χ2v) is 5.87. The van der Waals surface area contributed by atoms with Crippen LogP contribution in [0.3, 0.4) is 0 Å². The molecule has 0 heterocycles. The fraction of sp³-hybridized carbons (Fsp3) is 0.333. The van der Waals surface area contributed by atoms with Crippen LogP contribution in [0.25, 0.3) is 0 Å². The Labute approximate surface area is 131 Å². The molecule has 22 heavy (non-hydrogen) atoms. The summed E-state index contributed by atoms with van der Waals surface area (Å²) in [4.78, 5) is 10.9. The van der Waals surface area contributed by atoms with Crippen LogP contribution in [-0.2, 0) is 4.89 Å². The second kappa shape index (κ2) is 6.81. The van der Waals surface area contributed by atoms with Gasteiger partial charge in [-0.05, 0) is 45.0 Å². The average molecular weight is 302 g/mol. The van der Waals surface area contributed by atoms with E-state index in [1.165, 1.54) is 0 Å². The monoisotopic (exact) mass is 302 g/mol. The molecule has 0 aliphatic carbocycles. The minimum absolute atomic E-state index is 0.146. The van der Waals surface area contributed by atoms with Gasteiger partial charge in [0.1, 0.15) is 12.4 Å². The van der Waals surface area contributed by atoms with Crippen molar-refractivity contribution in [3.8, 4) is 11.5 Å². The van der Waals surface area contributed by atoms with Crippen LogP contribution >= 0.6 is 0 Å². The Morgan fingerprint density at radius 2 is 1.32 bits per heavy atom. The first-order valence-electron chi connectivity index (χ1n) is 7.22. The van der Waals surface area contributed by atoms with E-state index in [-0.39, 0.29) is 6.61 Å². The van der Waals surface area contributed by atoms with Crippen molar-refractivity contribution in [1.29, 1.82) is 0 Å². The van der Waals surface area contributed by atoms with Gasteiger partial charge in [-0.3, -0.25) is 0 Å². The third kappa shape index (κ3) is 4.23. The third-order valence-corrected chi connectivity index (χ3v) is 3.62.